The second kappa shape index (κ2) is 9.43. The maximum Gasteiger partial charge on any atom is 0.321 e. The molecule has 0 spiro atoms. The number of rotatable bonds is 8. The van der Waals surface area contributed by atoms with Gasteiger partial charge in [0.05, 0.1) is 33.4 Å². The van der Waals surface area contributed by atoms with E-state index in [1.165, 1.54) is 20.1 Å². The third-order valence-corrected chi connectivity index (χ3v) is 6.94. The topological polar surface area (TPSA) is 136 Å². The van der Waals surface area contributed by atoms with Crippen LogP contribution in [0.2, 0.25) is 0 Å². The number of ether oxygens (including phenoxy) is 2. The molecular formula is C16H22N6O5S2. The van der Waals surface area contributed by atoms with E-state index in [0.717, 1.165) is 16.2 Å². The van der Waals surface area contributed by atoms with E-state index in [0.29, 0.717) is 32.3 Å². The van der Waals surface area contributed by atoms with Gasteiger partial charge in [0.1, 0.15) is 4.21 Å². The number of methoxy groups -OCH3 is 1. The number of nitrogens with zero attached hydrogens (tertiary/aromatic N) is 4. The maximum atomic E-state index is 12.6. The summed E-state index contributed by atoms with van der Waals surface area (Å²) in [7, 11) is -2.31. The van der Waals surface area contributed by atoms with E-state index >= 15 is 0 Å². The summed E-state index contributed by atoms with van der Waals surface area (Å²) < 4.78 is 38.2. The van der Waals surface area contributed by atoms with E-state index in [9.17, 15) is 13.2 Å². The van der Waals surface area contributed by atoms with E-state index < -0.39 is 10.0 Å². The van der Waals surface area contributed by atoms with E-state index in [1.807, 2.05) is 4.90 Å². The fraction of sp³-hybridized carbons (Fsp3) is 0.500. The number of sulfonamides is 1. The second-order valence-corrected chi connectivity index (χ2v) is 9.25. The average Bonchev–Trinajstić information content (AvgIpc) is 3.21. The Bertz CT molecular complexity index is 958. The number of amides is 1. The van der Waals surface area contributed by atoms with Gasteiger partial charge in [0.15, 0.2) is 5.82 Å². The fourth-order valence-electron chi connectivity index (χ4n) is 2.50. The highest BCUT2D eigenvalue weighted by molar-refractivity contribution is 7.91. The van der Waals surface area contributed by atoms with Gasteiger partial charge in [0, 0.05) is 24.9 Å². The molecule has 0 aliphatic carbocycles. The van der Waals surface area contributed by atoms with Crippen molar-refractivity contribution in [2.45, 2.75) is 24.2 Å². The van der Waals surface area contributed by atoms with Crippen molar-refractivity contribution in [3.05, 3.63) is 22.8 Å². The van der Waals surface area contributed by atoms with Crippen molar-refractivity contribution in [2.24, 2.45) is 0 Å². The maximum absolute atomic E-state index is 12.6. The molecule has 0 saturated carbocycles. The minimum Gasteiger partial charge on any atom is -0.467 e. The molecule has 1 amide bonds. The van der Waals surface area contributed by atoms with Crippen LogP contribution >= 0.6 is 11.3 Å². The fourth-order valence-corrected chi connectivity index (χ4v) is 4.82. The molecule has 0 bridgehead atoms. The number of aromatic nitrogens is 3. The summed E-state index contributed by atoms with van der Waals surface area (Å²) in [5, 5.41) is 2.64. The van der Waals surface area contributed by atoms with Crippen LogP contribution in [-0.4, -0.2) is 62.7 Å². The third-order valence-electron chi connectivity index (χ3n) is 3.96. The first-order valence-corrected chi connectivity index (χ1v) is 11.1. The van der Waals surface area contributed by atoms with Gasteiger partial charge in [-0.25, -0.2) is 13.1 Å². The second-order valence-electron chi connectivity index (χ2n) is 6.09. The molecule has 2 aromatic heterocycles. The zero-order valence-corrected chi connectivity index (χ0v) is 17.7. The van der Waals surface area contributed by atoms with E-state index in [1.54, 1.807) is 6.07 Å². The smallest absolute Gasteiger partial charge is 0.321 e. The highest BCUT2D eigenvalue weighted by atomic mass is 32.2. The van der Waals surface area contributed by atoms with Gasteiger partial charge in [-0.1, -0.05) is 0 Å². The van der Waals surface area contributed by atoms with Crippen molar-refractivity contribution in [3.63, 3.8) is 0 Å². The lowest BCUT2D eigenvalue weighted by molar-refractivity contribution is -0.119. The summed E-state index contributed by atoms with van der Waals surface area (Å²) in [5.74, 6) is 0.487. The molecule has 13 heteroatoms. The Morgan fingerprint density at radius 1 is 1.24 bits per heavy atom. The van der Waals surface area contributed by atoms with Gasteiger partial charge in [-0.2, -0.15) is 15.0 Å². The first-order chi connectivity index (χ1) is 13.9. The molecule has 1 saturated heterocycles. The van der Waals surface area contributed by atoms with Gasteiger partial charge in [-0.3, -0.25) is 4.79 Å². The molecule has 0 radical (unpaired) electrons. The predicted molar refractivity (Wildman–Crippen MR) is 105 cm³/mol. The lowest BCUT2D eigenvalue weighted by Gasteiger charge is -2.26. The first kappa shape index (κ1) is 21.4. The first-order valence-electron chi connectivity index (χ1n) is 8.82. The molecule has 2 aromatic rings. The van der Waals surface area contributed by atoms with Crippen LogP contribution in [0.1, 0.15) is 17.6 Å². The van der Waals surface area contributed by atoms with E-state index in [-0.39, 0.29) is 35.0 Å². The molecule has 3 heterocycles. The number of carbonyl (C=O) groups is 1. The molecule has 11 nitrogen and oxygen atoms in total. The van der Waals surface area contributed by atoms with Gasteiger partial charge < -0.3 is 19.7 Å². The Kier molecular flexibility index (Phi) is 6.95. The van der Waals surface area contributed by atoms with Crippen molar-refractivity contribution in [2.75, 3.05) is 38.3 Å². The number of hydrogen-bond acceptors (Lipinski definition) is 10. The minimum atomic E-state index is -3.75. The van der Waals surface area contributed by atoms with Crippen LogP contribution < -0.4 is 19.7 Å². The zero-order chi connectivity index (χ0) is 20.9. The highest BCUT2D eigenvalue weighted by Gasteiger charge is 2.20. The Balaban J connectivity index is 1.70. The standard InChI is InChI=1S/C16H22N6O5S2/c1-11(23)17-9-12-3-4-14(28-12)29(24,25)18-10-13-19-15(21-16(20-13)26-2)22-5-7-27-8-6-22/h3-4,18H,5-10H2,1-2H3,(H,17,23). The normalized spacial score (nSPS) is 14.6. The molecule has 158 valence electrons. The number of nitrogens with one attached hydrogen (secondary N) is 2. The number of anilines is 1. The molecule has 0 aromatic carbocycles. The Morgan fingerprint density at radius 2 is 2.00 bits per heavy atom. The summed E-state index contributed by atoms with van der Waals surface area (Å²) in [6.45, 7) is 3.96. The number of carbonyl (C=O) groups excluding carboxylic acids is 1. The van der Waals surface area contributed by atoms with Gasteiger partial charge in [-0.15, -0.1) is 11.3 Å². The van der Waals surface area contributed by atoms with Crippen LogP contribution in [0.4, 0.5) is 5.95 Å². The molecule has 1 aliphatic rings. The van der Waals surface area contributed by atoms with Crippen molar-refractivity contribution >= 4 is 33.2 Å². The summed E-state index contributed by atoms with van der Waals surface area (Å²) >= 11 is 1.09. The van der Waals surface area contributed by atoms with Crippen LogP contribution in [0.5, 0.6) is 6.01 Å². The largest absolute Gasteiger partial charge is 0.467 e. The van der Waals surface area contributed by atoms with Crippen LogP contribution in [0, 0.1) is 0 Å². The average molecular weight is 443 g/mol. The van der Waals surface area contributed by atoms with Crippen molar-refractivity contribution < 1.29 is 22.7 Å². The van der Waals surface area contributed by atoms with E-state index in [4.69, 9.17) is 9.47 Å². The van der Waals surface area contributed by atoms with Crippen LogP contribution in [0.25, 0.3) is 0 Å². The Morgan fingerprint density at radius 3 is 2.69 bits per heavy atom. The molecule has 1 fully saturated rings. The molecule has 29 heavy (non-hydrogen) atoms. The quantitative estimate of drug-likeness (QED) is 0.574. The van der Waals surface area contributed by atoms with Crippen molar-refractivity contribution in [1.82, 2.24) is 25.0 Å². The van der Waals surface area contributed by atoms with Crippen molar-refractivity contribution in [3.8, 4) is 6.01 Å². The van der Waals surface area contributed by atoms with Crippen LogP contribution in [-0.2, 0) is 32.6 Å². The number of morpholine rings is 1. The minimum absolute atomic E-state index is 0.114. The summed E-state index contributed by atoms with van der Waals surface area (Å²) in [4.78, 5) is 26.4. The molecular weight excluding hydrogens is 420 g/mol. The molecule has 0 atom stereocenters. The molecule has 1 aliphatic heterocycles. The summed E-state index contributed by atoms with van der Waals surface area (Å²) in [6, 6.07) is 3.28. The van der Waals surface area contributed by atoms with Crippen molar-refractivity contribution in [1.29, 1.82) is 0 Å². The van der Waals surface area contributed by atoms with Crippen LogP contribution in [0.3, 0.4) is 0 Å². The Hall–Kier alpha value is -2.35. The van der Waals surface area contributed by atoms with E-state index in [2.05, 4.69) is 25.0 Å². The monoisotopic (exact) mass is 442 g/mol. The predicted octanol–water partition coefficient (Wildman–Crippen LogP) is -0.107. The SMILES string of the molecule is COc1nc(CNS(=O)(=O)c2ccc(CNC(C)=O)s2)nc(N2CCOCC2)n1. The molecule has 2 N–H and O–H groups in total. The molecule has 3 rings (SSSR count). The van der Waals surface area contributed by atoms with Gasteiger partial charge in [0.2, 0.25) is 21.9 Å². The van der Waals surface area contributed by atoms with Gasteiger partial charge in [0.25, 0.3) is 0 Å². The van der Waals surface area contributed by atoms with Gasteiger partial charge >= 0.3 is 6.01 Å². The number of thiophene rings is 1. The van der Waals surface area contributed by atoms with Gasteiger partial charge in [-0.05, 0) is 12.1 Å². The molecule has 0 unspecified atom stereocenters. The lowest BCUT2D eigenvalue weighted by atomic mass is 10.4. The number of hydrogen-bond donors (Lipinski definition) is 2. The van der Waals surface area contributed by atoms with Crippen LogP contribution in [0.15, 0.2) is 16.3 Å². The lowest BCUT2D eigenvalue weighted by Crippen LogP contribution is -2.37. The summed E-state index contributed by atoms with van der Waals surface area (Å²) in [6.07, 6.45) is 0. The zero-order valence-electron chi connectivity index (χ0n) is 16.0. The Labute approximate surface area is 172 Å². The highest BCUT2D eigenvalue weighted by Crippen LogP contribution is 2.22. The summed E-state index contributed by atoms with van der Waals surface area (Å²) in [5.41, 5.74) is 0. The third kappa shape index (κ3) is 5.82.